The van der Waals surface area contributed by atoms with Crippen LogP contribution in [0.2, 0.25) is 0 Å². The molecular formula is C26H32N2O4. The first-order valence-corrected chi connectivity index (χ1v) is 11.5. The van der Waals surface area contributed by atoms with Crippen LogP contribution in [-0.2, 0) is 11.2 Å². The molecule has 6 heteroatoms. The molecule has 1 amide bonds. The van der Waals surface area contributed by atoms with E-state index in [1.54, 1.807) is 0 Å². The van der Waals surface area contributed by atoms with Gasteiger partial charge in [-0.2, -0.15) is 0 Å². The van der Waals surface area contributed by atoms with Crippen molar-refractivity contribution in [3.63, 3.8) is 0 Å². The number of carboxylic acid groups (broad SMARTS) is 1. The summed E-state index contributed by atoms with van der Waals surface area (Å²) in [4.78, 5) is 13.7. The summed E-state index contributed by atoms with van der Waals surface area (Å²) in [6.07, 6.45) is 3.88. The number of oxime groups is 1. The zero-order valence-electron chi connectivity index (χ0n) is 18.6. The lowest BCUT2D eigenvalue weighted by Gasteiger charge is -2.40. The Bertz CT molecular complexity index is 925. The first-order chi connectivity index (χ1) is 15.5. The highest BCUT2D eigenvalue weighted by molar-refractivity contribution is 5.99. The average Bonchev–Trinajstić information content (AvgIpc) is 3.10. The molecule has 0 unspecified atom stereocenters. The van der Waals surface area contributed by atoms with Crippen LogP contribution in [0.15, 0.2) is 65.8 Å². The molecule has 4 rings (SSSR count). The van der Waals surface area contributed by atoms with Crippen LogP contribution in [-0.4, -0.2) is 51.3 Å². The van der Waals surface area contributed by atoms with Crippen molar-refractivity contribution in [2.45, 2.75) is 69.1 Å². The Balaban J connectivity index is 1.51. The predicted molar refractivity (Wildman–Crippen MR) is 123 cm³/mol. The number of nitrogens with zero attached hydrogens (tertiary/aromatic N) is 2. The molecule has 2 aromatic carbocycles. The molecule has 170 valence electrons. The summed E-state index contributed by atoms with van der Waals surface area (Å²) < 4.78 is 6.39. The van der Waals surface area contributed by atoms with E-state index in [0.717, 1.165) is 31.2 Å². The fourth-order valence-corrected chi connectivity index (χ4v) is 5.50. The van der Waals surface area contributed by atoms with Gasteiger partial charge < -0.3 is 15.1 Å². The molecule has 0 radical (unpaired) electrons. The molecule has 0 spiro atoms. The average molecular weight is 437 g/mol. The highest BCUT2D eigenvalue weighted by Gasteiger charge is 2.53. The van der Waals surface area contributed by atoms with Gasteiger partial charge in [0.05, 0.1) is 18.4 Å². The molecule has 1 saturated carbocycles. The largest absolute Gasteiger partial charge is 0.465 e. The van der Waals surface area contributed by atoms with Crippen molar-refractivity contribution in [3.05, 3.63) is 71.8 Å². The molecular weight excluding hydrogens is 404 g/mol. The lowest BCUT2D eigenvalue weighted by atomic mass is 9.82. The van der Waals surface area contributed by atoms with Crippen molar-refractivity contribution in [1.29, 1.82) is 0 Å². The van der Waals surface area contributed by atoms with E-state index in [-0.39, 0.29) is 18.8 Å². The Labute approximate surface area is 189 Å². The number of benzene rings is 2. The second-order valence-corrected chi connectivity index (χ2v) is 9.14. The van der Waals surface area contributed by atoms with Crippen LogP contribution in [0, 0.1) is 0 Å². The lowest BCUT2D eigenvalue weighted by molar-refractivity contribution is -0.0250. The van der Waals surface area contributed by atoms with Crippen LogP contribution in [0.4, 0.5) is 4.79 Å². The van der Waals surface area contributed by atoms with Gasteiger partial charge in [0.15, 0.2) is 0 Å². The molecule has 2 aliphatic rings. The minimum Gasteiger partial charge on any atom is -0.465 e. The third kappa shape index (κ3) is 4.51. The fourth-order valence-electron chi connectivity index (χ4n) is 5.50. The van der Waals surface area contributed by atoms with E-state index < -0.39 is 11.6 Å². The van der Waals surface area contributed by atoms with E-state index >= 15 is 0 Å². The maximum Gasteiger partial charge on any atom is 0.408 e. The molecule has 1 heterocycles. The fraction of sp³-hybridized carbons (Fsp3) is 0.462. The second kappa shape index (κ2) is 9.74. The topological polar surface area (TPSA) is 82.4 Å². The number of hydrogen-bond donors (Lipinski definition) is 2. The van der Waals surface area contributed by atoms with E-state index in [1.807, 2.05) is 43.3 Å². The zero-order valence-corrected chi connectivity index (χ0v) is 18.6. The normalized spacial score (nSPS) is 29.3. The summed E-state index contributed by atoms with van der Waals surface area (Å²) in [7, 11) is 0. The molecule has 1 saturated heterocycles. The third-order valence-electron chi connectivity index (χ3n) is 7.10. The van der Waals surface area contributed by atoms with Gasteiger partial charge in [-0.25, -0.2) is 4.79 Å². The quantitative estimate of drug-likeness (QED) is 0.475. The van der Waals surface area contributed by atoms with Crippen molar-refractivity contribution in [2.24, 2.45) is 5.16 Å². The Morgan fingerprint density at radius 2 is 1.69 bits per heavy atom. The van der Waals surface area contributed by atoms with Gasteiger partial charge in [0.25, 0.3) is 0 Å². The Morgan fingerprint density at radius 3 is 2.28 bits per heavy atom. The minimum absolute atomic E-state index is 0.0779. The molecule has 1 aliphatic heterocycles. The molecule has 1 aliphatic carbocycles. The third-order valence-corrected chi connectivity index (χ3v) is 7.10. The lowest BCUT2D eigenvalue weighted by Crippen LogP contribution is -2.57. The van der Waals surface area contributed by atoms with Crippen LogP contribution < -0.4 is 0 Å². The maximum atomic E-state index is 12.3. The summed E-state index contributed by atoms with van der Waals surface area (Å²) in [5.41, 5.74) is 1.85. The van der Waals surface area contributed by atoms with E-state index in [4.69, 9.17) is 4.74 Å². The Morgan fingerprint density at radius 1 is 1.06 bits per heavy atom. The minimum atomic E-state index is -1.01. The van der Waals surface area contributed by atoms with Gasteiger partial charge in [-0.1, -0.05) is 65.8 Å². The van der Waals surface area contributed by atoms with Crippen LogP contribution in [0.25, 0.3) is 0 Å². The van der Waals surface area contributed by atoms with Gasteiger partial charge in [0.1, 0.15) is 5.54 Å². The SMILES string of the molecule is C[C@@H]1CC(=NO)[C@@](COC2CCC(c3ccccc3)CC2)(Cc2ccccc2)N1C(=O)O. The molecule has 6 nitrogen and oxygen atoms in total. The molecule has 2 aromatic rings. The van der Waals surface area contributed by atoms with Crippen molar-refractivity contribution < 1.29 is 19.8 Å². The molecule has 2 fully saturated rings. The standard InChI is InChI=1S/C26H32N2O4/c1-19-16-24(27-31)26(28(19)25(29)30,17-20-8-4-2-5-9-20)18-32-23-14-12-22(13-15-23)21-10-6-3-7-11-21/h2-11,19,22-23,31H,12-18H2,1H3,(H,29,30)/t19-,22?,23?,26+/m1/s1. The molecule has 2 atom stereocenters. The van der Waals surface area contributed by atoms with Crippen molar-refractivity contribution in [2.75, 3.05) is 6.61 Å². The van der Waals surface area contributed by atoms with Crippen LogP contribution >= 0.6 is 0 Å². The summed E-state index contributed by atoms with van der Waals surface area (Å²) in [6.45, 7) is 2.05. The monoisotopic (exact) mass is 436 g/mol. The number of rotatable bonds is 6. The molecule has 2 N–H and O–H groups in total. The number of ether oxygens (including phenoxy) is 1. The van der Waals surface area contributed by atoms with Crippen LogP contribution in [0.5, 0.6) is 0 Å². The summed E-state index contributed by atoms with van der Waals surface area (Å²) >= 11 is 0. The van der Waals surface area contributed by atoms with Gasteiger partial charge in [0, 0.05) is 18.9 Å². The van der Waals surface area contributed by atoms with Crippen molar-refractivity contribution >= 4 is 11.8 Å². The summed E-state index contributed by atoms with van der Waals surface area (Å²) in [5, 5.41) is 23.4. The number of hydrogen-bond acceptors (Lipinski definition) is 4. The van der Waals surface area contributed by atoms with Crippen molar-refractivity contribution in [1.82, 2.24) is 4.90 Å². The first kappa shape index (κ1) is 22.3. The Kier molecular flexibility index (Phi) is 6.80. The number of likely N-dealkylation sites (tertiary alicyclic amines) is 1. The number of carbonyl (C=O) groups is 1. The smallest absolute Gasteiger partial charge is 0.408 e. The maximum absolute atomic E-state index is 12.3. The highest BCUT2D eigenvalue weighted by atomic mass is 16.5. The first-order valence-electron chi connectivity index (χ1n) is 11.5. The summed E-state index contributed by atoms with van der Waals surface area (Å²) in [6, 6.07) is 20.1. The second-order valence-electron chi connectivity index (χ2n) is 9.14. The van der Waals surface area contributed by atoms with E-state index in [9.17, 15) is 15.1 Å². The zero-order chi connectivity index (χ0) is 22.6. The van der Waals surface area contributed by atoms with Gasteiger partial charge >= 0.3 is 6.09 Å². The number of amides is 1. The van der Waals surface area contributed by atoms with Gasteiger partial charge in [-0.05, 0) is 49.7 Å². The van der Waals surface area contributed by atoms with Crippen molar-refractivity contribution in [3.8, 4) is 0 Å². The molecule has 32 heavy (non-hydrogen) atoms. The van der Waals surface area contributed by atoms with E-state index in [1.165, 1.54) is 10.5 Å². The van der Waals surface area contributed by atoms with Gasteiger partial charge in [-0.3, -0.25) is 4.90 Å². The van der Waals surface area contributed by atoms with Gasteiger partial charge in [0.2, 0.25) is 0 Å². The molecule has 0 bridgehead atoms. The van der Waals surface area contributed by atoms with E-state index in [2.05, 4.69) is 29.4 Å². The molecule has 0 aromatic heterocycles. The Hall–Kier alpha value is -2.86. The van der Waals surface area contributed by atoms with E-state index in [0.29, 0.717) is 24.5 Å². The highest BCUT2D eigenvalue weighted by Crippen LogP contribution is 2.38. The van der Waals surface area contributed by atoms with Gasteiger partial charge in [-0.15, -0.1) is 0 Å². The van der Waals surface area contributed by atoms with Crippen LogP contribution in [0.1, 0.15) is 56.1 Å². The summed E-state index contributed by atoms with van der Waals surface area (Å²) in [5.74, 6) is 0.547. The van der Waals surface area contributed by atoms with Crippen LogP contribution in [0.3, 0.4) is 0 Å². The predicted octanol–water partition coefficient (Wildman–Crippen LogP) is 5.31.